The van der Waals surface area contributed by atoms with Crippen molar-refractivity contribution in [1.82, 2.24) is 4.98 Å². The molecule has 4 rings (SSSR count). The van der Waals surface area contributed by atoms with Gasteiger partial charge in [0.25, 0.3) is 0 Å². The molecule has 0 aliphatic rings. The van der Waals surface area contributed by atoms with Crippen LogP contribution in [0.15, 0.2) is 60.8 Å². The molecule has 3 aromatic carbocycles. The third kappa shape index (κ3) is 2.46. The van der Waals surface area contributed by atoms with E-state index in [9.17, 15) is 4.39 Å². The Morgan fingerprint density at radius 1 is 0.739 bits per heavy atom. The molecule has 0 bridgehead atoms. The standard InChI is InChI=1S/C21H16FN/c1-13-7-14(2)9-17(8-13)21-11-20-16(12-23-21)4-3-15-10-18(22)5-6-19(15)20/h3-12H,1-2H3. The van der Waals surface area contributed by atoms with Gasteiger partial charge in [-0.05, 0) is 60.3 Å². The first kappa shape index (κ1) is 13.9. The first-order valence-electron chi connectivity index (χ1n) is 7.67. The second-order valence-corrected chi connectivity index (χ2v) is 6.10. The van der Waals surface area contributed by atoms with Crippen LogP contribution in [-0.2, 0) is 0 Å². The monoisotopic (exact) mass is 301 g/mol. The number of aryl methyl sites for hydroxylation is 2. The molecule has 1 aromatic heterocycles. The van der Waals surface area contributed by atoms with Crippen LogP contribution in [0, 0.1) is 19.7 Å². The van der Waals surface area contributed by atoms with E-state index in [1.54, 1.807) is 6.07 Å². The number of benzene rings is 3. The number of hydrogen-bond acceptors (Lipinski definition) is 1. The summed E-state index contributed by atoms with van der Waals surface area (Å²) in [5.41, 5.74) is 4.51. The van der Waals surface area contributed by atoms with Crippen molar-refractivity contribution in [2.75, 3.05) is 0 Å². The van der Waals surface area contributed by atoms with Crippen LogP contribution < -0.4 is 0 Å². The first-order valence-corrected chi connectivity index (χ1v) is 7.67. The van der Waals surface area contributed by atoms with Crippen LogP contribution in [0.4, 0.5) is 4.39 Å². The zero-order valence-electron chi connectivity index (χ0n) is 13.1. The molecule has 0 saturated carbocycles. The van der Waals surface area contributed by atoms with Gasteiger partial charge in [-0.25, -0.2) is 4.39 Å². The zero-order valence-corrected chi connectivity index (χ0v) is 13.1. The quantitative estimate of drug-likeness (QED) is 0.404. The van der Waals surface area contributed by atoms with E-state index in [2.05, 4.69) is 43.1 Å². The molecule has 112 valence electrons. The fourth-order valence-corrected chi connectivity index (χ4v) is 3.21. The van der Waals surface area contributed by atoms with Crippen LogP contribution in [0.2, 0.25) is 0 Å². The first-order chi connectivity index (χ1) is 11.1. The smallest absolute Gasteiger partial charge is 0.123 e. The number of hydrogen-bond donors (Lipinski definition) is 0. The highest BCUT2D eigenvalue weighted by molar-refractivity contribution is 6.08. The average molecular weight is 301 g/mol. The Morgan fingerprint density at radius 2 is 1.48 bits per heavy atom. The van der Waals surface area contributed by atoms with Crippen LogP contribution in [0.25, 0.3) is 32.8 Å². The van der Waals surface area contributed by atoms with Gasteiger partial charge in [0, 0.05) is 17.1 Å². The Kier molecular flexibility index (Phi) is 3.12. The summed E-state index contributed by atoms with van der Waals surface area (Å²) in [4.78, 5) is 4.61. The minimum atomic E-state index is -0.208. The summed E-state index contributed by atoms with van der Waals surface area (Å²) < 4.78 is 13.5. The van der Waals surface area contributed by atoms with Crippen LogP contribution >= 0.6 is 0 Å². The van der Waals surface area contributed by atoms with Crippen LogP contribution in [0.3, 0.4) is 0 Å². The number of halogens is 1. The van der Waals surface area contributed by atoms with Crippen molar-refractivity contribution in [3.05, 3.63) is 77.7 Å². The van der Waals surface area contributed by atoms with Crippen molar-refractivity contribution in [1.29, 1.82) is 0 Å². The highest BCUT2D eigenvalue weighted by atomic mass is 19.1. The molecule has 0 N–H and O–H groups in total. The summed E-state index contributed by atoms with van der Waals surface area (Å²) in [6, 6.07) is 17.4. The van der Waals surface area contributed by atoms with Crippen molar-refractivity contribution in [2.24, 2.45) is 0 Å². The molecule has 2 heteroatoms. The van der Waals surface area contributed by atoms with Gasteiger partial charge in [-0.1, -0.05) is 35.4 Å². The van der Waals surface area contributed by atoms with Gasteiger partial charge in [0.1, 0.15) is 5.82 Å². The van der Waals surface area contributed by atoms with Gasteiger partial charge in [0.05, 0.1) is 5.69 Å². The van der Waals surface area contributed by atoms with E-state index in [0.717, 1.165) is 32.8 Å². The summed E-state index contributed by atoms with van der Waals surface area (Å²) in [6.07, 6.45) is 1.89. The topological polar surface area (TPSA) is 12.9 Å². The minimum Gasteiger partial charge on any atom is -0.256 e. The van der Waals surface area contributed by atoms with Crippen LogP contribution in [-0.4, -0.2) is 4.98 Å². The fourth-order valence-electron chi connectivity index (χ4n) is 3.21. The van der Waals surface area contributed by atoms with Gasteiger partial charge in [0.2, 0.25) is 0 Å². The predicted octanol–water partition coefficient (Wildman–Crippen LogP) is 5.81. The van der Waals surface area contributed by atoms with Crippen molar-refractivity contribution in [3.8, 4) is 11.3 Å². The molecule has 1 heterocycles. The lowest BCUT2D eigenvalue weighted by atomic mass is 9.99. The molecule has 0 amide bonds. The molecule has 0 spiro atoms. The van der Waals surface area contributed by atoms with E-state index in [-0.39, 0.29) is 5.82 Å². The Bertz CT molecular complexity index is 1030. The van der Waals surface area contributed by atoms with Gasteiger partial charge in [-0.15, -0.1) is 0 Å². The Balaban J connectivity index is 2.00. The van der Waals surface area contributed by atoms with E-state index in [1.807, 2.05) is 24.4 Å². The van der Waals surface area contributed by atoms with Gasteiger partial charge >= 0.3 is 0 Å². The van der Waals surface area contributed by atoms with Crippen LogP contribution in [0.5, 0.6) is 0 Å². The molecule has 0 radical (unpaired) electrons. The second-order valence-electron chi connectivity index (χ2n) is 6.10. The molecule has 4 aromatic rings. The SMILES string of the molecule is Cc1cc(C)cc(-c2cc3c(ccc4cc(F)ccc43)cn2)c1. The third-order valence-electron chi connectivity index (χ3n) is 4.20. The number of nitrogens with zero attached hydrogens (tertiary/aromatic N) is 1. The van der Waals surface area contributed by atoms with Gasteiger partial charge < -0.3 is 0 Å². The highest BCUT2D eigenvalue weighted by Gasteiger charge is 2.06. The second kappa shape index (κ2) is 5.17. The Morgan fingerprint density at radius 3 is 2.26 bits per heavy atom. The van der Waals surface area contributed by atoms with Crippen molar-refractivity contribution in [3.63, 3.8) is 0 Å². The average Bonchev–Trinajstić information content (AvgIpc) is 2.53. The van der Waals surface area contributed by atoms with E-state index >= 15 is 0 Å². The maximum atomic E-state index is 13.5. The summed E-state index contributed by atoms with van der Waals surface area (Å²) in [5.74, 6) is -0.208. The third-order valence-corrected chi connectivity index (χ3v) is 4.20. The number of pyridine rings is 1. The maximum Gasteiger partial charge on any atom is 0.123 e. The molecule has 0 saturated heterocycles. The van der Waals surface area contributed by atoms with Gasteiger partial charge in [0.15, 0.2) is 0 Å². The lowest BCUT2D eigenvalue weighted by molar-refractivity contribution is 0.630. The largest absolute Gasteiger partial charge is 0.256 e. The van der Waals surface area contributed by atoms with E-state index in [0.29, 0.717) is 0 Å². The zero-order chi connectivity index (χ0) is 16.0. The molecule has 0 fully saturated rings. The number of fused-ring (bicyclic) bond motifs is 3. The molecule has 0 aliphatic carbocycles. The van der Waals surface area contributed by atoms with Crippen molar-refractivity contribution in [2.45, 2.75) is 13.8 Å². The summed E-state index contributed by atoms with van der Waals surface area (Å²) in [5, 5.41) is 4.14. The molecule has 1 nitrogen and oxygen atoms in total. The molecule has 0 aliphatic heterocycles. The van der Waals surface area contributed by atoms with Gasteiger partial charge in [-0.3, -0.25) is 4.98 Å². The minimum absolute atomic E-state index is 0.208. The molecule has 0 unspecified atom stereocenters. The summed E-state index contributed by atoms with van der Waals surface area (Å²) in [7, 11) is 0. The summed E-state index contributed by atoms with van der Waals surface area (Å²) in [6.45, 7) is 4.19. The van der Waals surface area contributed by atoms with Crippen LogP contribution in [0.1, 0.15) is 11.1 Å². The number of rotatable bonds is 1. The van der Waals surface area contributed by atoms with Gasteiger partial charge in [-0.2, -0.15) is 0 Å². The fraction of sp³-hybridized carbons (Fsp3) is 0.0952. The molecular formula is C21H16FN. The summed E-state index contributed by atoms with van der Waals surface area (Å²) >= 11 is 0. The van der Waals surface area contributed by atoms with E-state index in [4.69, 9.17) is 0 Å². The molecule has 0 atom stereocenters. The Hall–Kier alpha value is -2.74. The van der Waals surface area contributed by atoms with Crippen molar-refractivity contribution >= 4 is 21.5 Å². The molecular weight excluding hydrogens is 285 g/mol. The Labute approximate surface area is 134 Å². The van der Waals surface area contributed by atoms with Crippen molar-refractivity contribution < 1.29 is 4.39 Å². The predicted molar refractivity (Wildman–Crippen MR) is 94.1 cm³/mol. The maximum absolute atomic E-state index is 13.5. The number of aromatic nitrogens is 1. The van der Waals surface area contributed by atoms with E-state index in [1.165, 1.54) is 17.2 Å². The lowest BCUT2D eigenvalue weighted by Gasteiger charge is -2.08. The normalized spacial score (nSPS) is 11.3. The molecule has 23 heavy (non-hydrogen) atoms. The lowest BCUT2D eigenvalue weighted by Crippen LogP contribution is -1.88. The van der Waals surface area contributed by atoms with E-state index < -0.39 is 0 Å². The highest BCUT2D eigenvalue weighted by Crippen LogP contribution is 2.29.